The number of nitrogens with one attached hydrogen (secondary N) is 1. The normalized spacial score (nSPS) is 15.0. The summed E-state index contributed by atoms with van der Waals surface area (Å²) in [6.07, 6.45) is 2.51. The van der Waals surface area contributed by atoms with Gasteiger partial charge in [0.25, 0.3) is 0 Å². The molecule has 2 aromatic carbocycles. The summed E-state index contributed by atoms with van der Waals surface area (Å²) in [5.74, 6) is 2.19. The van der Waals surface area contributed by atoms with Crippen molar-refractivity contribution in [2.75, 3.05) is 16.8 Å². The Morgan fingerprint density at radius 2 is 1.96 bits per heavy atom. The first kappa shape index (κ1) is 18.1. The largest absolute Gasteiger partial charge is 0.324 e. The predicted octanol–water partition coefficient (Wildman–Crippen LogP) is 3.90. The third-order valence-electron chi connectivity index (χ3n) is 4.33. The van der Waals surface area contributed by atoms with Crippen LogP contribution in [-0.4, -0.2) is 27.2 Å². The molecule has 1 saturated heterocycles. The summed E-state index contributed by atoms with van der Waals surface area (Å²) < 4.78 is 1.99. The highest BCUT2D eigenvalue weighted by atomic mass is 32.2. The quantitative estimate of drug-likeness (QED) is 0.723. The van der Waals surface area contributed by atoms with Gasteiger partial charge in [0, 0.05) is 11.1 Å². The average molecular weight is 398 g/mol. The van der Waals surface area contributed by atoms with E-state index in [0.717, 1.165) is 5.69 Å². The van der Waals surface area contributed by atoms with Crippen LogP contribution in [0.5, 0.6) is 0 Å². The average Bonchev–Trinajstić information content (AvgIpc) is 2.71. The molecule has 0 saturated carbocycles. The van der Waals surface area contributed by atoms with E-state index < -0.39 is 0 Å². The molecule has 3 aromatic rings. The van der Waals surface area contributed by atoms with Crippen molar-refractivity contribution in [1.82, 2.24) is 9.78 Å². The van der Waals surface area contributed by atoms with Crippen LogP contribution in [0.3, 0.4) is 0 Å². The number of anilines is 1. The minimum Gasteiger partial charge on any atom is -0.324 e. The van der Waals surface area contributed by atoms with E-state index in [-0.39, 0.29) is 17.9 Å². The SMILES string of the molecule is O=C(Cn1ncc(=O)c2ccccc21)Nc1cccc(C2SCCCS2)c1. The molecule has 1 amide bonds. The third kappa shape index (κ3) is 4.20. The van der Waals surface area contributed by atoms with E-state index in [0.29, 0.717) is 15.5 Å². The molecule has 0 spiro atoms. The van der Waals surface area contributed by atoms with Crippen LogP contribution in [-0.2, 0) is 11.3 Å². The highest BCUT2D eigenvalue weighted by Crippen LogP contribution is 2.44. The molecule has 1 fully saturated rings. The standard InChI is InChI=1S/C20H19N3O2S2/c24-18-12-21-23(17-8-2-1-7-16(17)18)13-19(25)22-15-6-3-5-14(11-15)20-26-9-4-10-27-20/h1-3,5-8,11-12,20H,4,9-10,13H2,(H,22,25). The van der Waals surface area contributed by atoms with Crippen LogP contribution >= 0.6 is 23.5 Å². The van der Waals surface area contributed by atoms with E-state index in [1.165, 1.54) is 29.7 Å². The second kappa shape index (κ2) is 8.19. The molecule has 5 nitrogen and oxygen atoms in total. The molecule has 0 unspecified atom stereocenters. The maximum Gasteiger partial charge on any atom is 0.246 e. The third-order valence-corrected chi connectivity index (χ3v) is 7.34. The van der Waals surface area contributed by atoms with Crippen molar-refractivity contribution in [2.24, 2.45) is 0 Å². The van der Waals surface area contributed by atoms with Crippen molar-refractivity contribution in [3.05, 3.63) is 70.5 Å². The molecule has 2 heterocycles. The number of nitrogens with zero attached hydrogens (tertiary/aromatic N) is 2. The highest BCUT2D eigenvalue weighted by molar-refractivity contribution is 8.16. The van der Waals surface area contributed by atoms with Crippen LogP contribution in [0.15, 0.2) is 59.5 Å². The molecule has 1 aromatic heterocycles. The summed E-state index contributed by atoms with van der Waals surface area (Å²) >= 11 is 3.91. The van der Waals surface area contributed by atoms with Crippen molar-refractivity contribution >= 4 is 46.0 Å². The Labute approximate surface area is 165 Å². The van der Waals surface area contributed by atoms with Gasteiger partial charge in [-0.15, -0.1) is 23.5 Å². The second-order valence-electron chi connectivity index (χ2n) is 6.28. The topological polar surface area (TPSA) is 64.0 Å². The lowest BCUT2D eigenvalue weighted by atomic mass is 10.2. The first-order valence-corrected chi connectivity index (χ1v) is 10.9. The van der Waals surface area contributed by atoms with Gasteiger partial charge in [0.05, 0.1) is 16.3 Å². The molecule has 7 heteroatoms. The second-order valence-corrected chi connectivity index (χ2v) is 9.01. The number of aromatic nitrogens is 2. The van der Waals surface area contributed by atoms with Gasteiger partial charge >= 0.3 is 0 Å². The zero-order valence-electron chi connectivity index (χ0n) is 14.6. The number of para-hydroxylation sites is 1. The lowest BCUT2D eigenvalue weighted by Crippen LogP contribution is -2.22. The van der Waals surface area contributed by atoms with Crippen molar-refractivity contribution in [3.63, 3.8) is 0 Å². The van der Waals surface area contributed by atoms with Gasteiger partial charge in [-0.25, -0.2) is 0 Å². The number of rotatable bonds is 4. The Morgan fingerprint density at radius 3 is 2.81 bits per heavy atom. The van der Waals surface area contributed by atoms with E-state index in [1.807, 2.05) is 47.8 Å². The van der Waals surface area contributed by atoms with Gasteiger partial charge in [-0.1, -0.05) is 24.3 Å². The smallest absolute Gasteiger partial charge is 0.246 e. The number of amides is 1. The molecule has 1 N–H and O–H groups in total. The van der Waals surface area contributed by atoms with Crippen LogP contribution in [0.4, 0.5) is 5.69 Å². The molecule has 1 aliphatic rings. The van der Waals surface area contributed by atoms with Crippen LogP contribution < -0.4 is 10.7 Å². The van der Waals surface area contributed by atoms with Crippen molar-refractivity contribution in [3.8, 4) is 0 Å². The van der Waals surface area contributed by atoms with Crippen LogP contribution in [0.2, 0.25) is 0 Å². The van der Waals surface area contributed by atoms with E-state index in [4.69, 9.17) is 0 Å². The molecular formula is C20H19N3O2S2. The molecule has 27 heavy (non-hydrogen) atoms. The zero-order chi connectivity index (χ0) is 18.6. The molecule has 0 aliphatic carbocycles. The summed E-state index contributed by atoms with van der Waals surface area (Å²) in [4.78, 5) is 24.5. The molecule has 4 rings (SSSR count). The van der Waals surface area contributed by atoms with Crippen molar-refractivity contribution in [2.45, 2.75) is 17.5 Å². The minimum atomic E-state index is -0.169. The van der Waals surface area contributed by atoms with Crippen molar-refractivity contribution < 1.29 is 4.79 Å². The van der Waals surface area contributed by atoms with Gasteiger partial charge in [-0.05, 0) is 47.8 Å². The Morgan fingerprint density at radius 1 is 1.15 bits per heavy atom. The number of fused-ring (bicyclic) bond motifs is 1. The molecular weight excluding hydrogens is 378 g/mol. The van der Waals surface area contributed by atoms with E-state index >= 15 is 0 Å². The number of benzene rings is 2. The molecule has 0 bridgehead atoms. The summed E-state index contributed by atoms with van der Waals surface area (Å²) in [7, 11) is 0. The van der Waals surface area contributed by atoms with Crippen LogP contribution in [0.1, 0.15) is 16.6 Å². The first-order chi connectivity index (χ1) is 13.2. The van der Waals surface area contributed by atoms with Crippen LogP contribution in [0, 0.1) is 0 Å². The maximum absolute atomic E-state index is 12.5. The number of carbonyl (C=O) groups is 1. The number of thioether (sulfide) groups is 2. The summed E-state index contributed by atoms with van der Waals surface area (Å²) in [5, 5.41) is 7.63. The minimum absolute atomic E-state index is 0.0535. The van der Waals surface area contributed by atoms with Gasteiger partial charge in [-0.3, -0.25) is 14.3 Å². The van der Waals surface area contributed by atoms with E-state index in [2.05, 4.69) is 16.5 Å². The summed E-state index contributed by atoms with van der Waals surface area (Å²) in [6, 6.07) is 15.2. The lowest BCUT2D eigenvalue weighted by Gasteiger charge is -2.21. The number of carbonyl (C=O) groups excluding carboxylic acids is 1. The monoisotopic (exact) mass is 397 g/mol. The molecule has 0 atom stereocenters. The van der Waals surface area contributed by atoms with Gasteiger partial charge in [0.2, 0.25) is 11.3 Å². The van der Waals surface area contributed by atoms with Gasteiger partial charge in [0.15, 0.2) is 0 Å². The summed E-state index contributed by atoms with van der Waals surface area (Å²) in [5.41, 5.74) is 2.53. The zero-order valence-corrected chi connectivity index (χ0v) is 16.3. The van der Waals surface area contributed by atoms with Crippen LogP contribution in [0.25, 0.3) is 10.9 Å². The van der Waals surface area contributed by atoms with Gasteiger partial charge in [-0.2, -0.15) is 5.10 Å². The number of hydrogen-bond donors (Lipinski definition) is 1. The van der Waals surface area contributed by atoms with Gasteiger partial charge < -0.3 is 5.32 Å². The molecule has 138 valence electrons. The highest BCUT2D eigenvalue weighted by Gasteiger charge is 2.17. The maximum atomic E-state index is 12.5. The van der Waals surface area contributed by atoms with Gasteiger partial charge in [0.1, 0.15) is 6.54 Å². The molecule has 0 radical (unpaired) electrons. The Hall–Kier alpha value is -2.25. The Kier molecular flexibility index (Phi) is 5.50. The predicted molar refractivity (Wildman–Crippen MR) is 113 cm³/mol. The van der Waals surface area contributed by atoms with E-state index in [9.17, 15) is 9.59 Å². The fourth-order valence-electron chi connectivity index (χ4n) is 3.07. The Bertz CT molecular complexity index is 1030. The Balaban J connectivity index is 1.50. The van der Waals surface area contributed by atoms with E-state index in [1.54, 1.807) is 22.9 Å². The fraction of sp³-hybridized carbons (Fsp3) is 0.250. The fourth-order valence-corrected chi connectivity index (χ4v) is 5.94. The summed E-state index contributed by atoms with van der Waals surface area (Å²) in [6.45, 7) is 0.0535. The first-order valence-electron chi connectivity index (χ1n) is 8.78. The lowest BCUT2D eigenvalue weighted by molar-refractivity contribution is -0.116. The molecule has 1 aliphatic heterocycles. The number of hydrogen-bond acceptors (Lipinski definition) is 5. The van der Waals surface area contributed by atoms with Crippen molar-refractivity contribution in [1.29, 1.82) is 0 Å².